The van der Waals surface area contributed by atoms with Crippen LogP contribution in [0.3, 0.4) is 0 Å². The maximum absolute atomic E-state index is 13.1. The lowest BCUT2D eigenvalue weighted by atomic mass is 9.33. The highest BCUT2D eigenvalue weighted by molar-refractivity contribution is 5.77. The van der Waals surface area contributed by atoms with E-state index in [4.69, 9.17) is 18.9 Å². The van der Waals surface area contributed by atoms with Crippen LogP contribution in [0.2, 0.25) is 0 Å². The van der Waals surface area contributed by atoms with Gasteiger partial charge in [0.05, 0.1) is 18.1 Å². The van der Waals surface area contributed by atoms with Gasteiger partial charge in [0.1, 0.15) is 36.6 Å². The SMILES string of the molecule is CC1CCC2(C(=O)O)CCC3(C)C(=CCC4C5(C)CCC(OC6OC(C(=O)O)C(O)C(O)C6OC6OCC(O)C(O)C6O)C(C)(C)C5CCC43C)C2C1C. The van der Waals surface area contributed by atoms with Crippen LogP contribution in [-0.2, 0) is 28.5 Å². The van der Waals surface area contributed by atoms with Crippen molar-refractivity contribution in [1.82, 2.24) is 0 Å². The highest BCUT2D eigenvalue weighted by Crippen LogP contribution is 2.76. The molecule has 0 aromatic heterocycles. The molecule has 0 spiro atoms. The van der Waals surface area contributed by atoms with Crippen LogP contribution in [0.5, 0.6) is 0 Å². The van der Waals surface area contributed by atoms with E-state index in [1.165, 1.54) is 5.57 Å². The van der Waals surface area contributed by atoms with Crippen LogP contribution < -0.4 is 0 Å². The zero-order chi connectivity index (χ0) is 39.5. The topological polar surface area (TPSA) is 213 Å². The average Bonchev–Trinajstić information content (AvgIpc) is 3.10. The Morgan fingerprint density at radius 1 is 0.778 bits per heavy atom. The summed E-state index contributed by atoms with van der Waals surface area (Å²) in [5.41, 5.74) is -0.0328. The van der Waals surface area contributed by atoms with Crippen LogP contribution in [0.4, 0.5) is 0 Å². The standard InChI is InChI=1S/C41H64O13/c1-19-10-15-41(36(49)50)17-16-39(6)21(26(41)20(19)2)8-9-24-38(5)13-12-25(37(3,4)23(38)11-14-40(24,39)7)52-35-32(29(45)28(44)31(53-35)33(47)48)54-34-30(46)27(43)22(42)18-51-34/h8,19-20,22-32,34-35,42-46H,9-18H2,1-7H3,(H,47,48)(H,49,50). The number of ether oxygens (including phenoxy) is 4. The third-order valence-corrected chi connectivity index (χ3v) is 17.2. The van der Waals surface area contributed by atoms with Crippen LogP contribution in [0, 0.1) is 56.7 Å². The molecule has 0 amide bonds. The van der Waals surface area contributed by atoms with E-state index in [1.54, 1.807) is 0 Å². The van der Waals surface area contributed by atoms with Crippen LogP contribution >= 0.6 is 0 Å². The molecule has 13 nitrogen and oxygen atoms in total. The Balaban J connectivity index is 1.16. The molecule has 19 unspecified atom stereocenters. The minimum Gasteiger partial charge on any atom is -0.481 e. The Morgan fingerprint density at radius 3 is 2.15 bits per heavy atom. The van der Waals surface area contributed by atoms with Gasteiger partial charge >= 0.3 is 11.9 Å². The van der Waals surface area contributed by atoms with Crippen molar-refractivity contribution in [3.8, 4) is 0 Å². The lowest BCUT2D eigenvalue weighted by Crippen LogP contribution is -2.67. The number of fused-ring (bicyclic) bond motifs is 7. The summed E-state index contributed by atoms with van der Waals surface area (Å²) in [5.74, 6) is -0.793. The number of carboxylic acids is 2. The van der Waals surface area contributed by atoms with Crippen molar-refractivity contribution >= 4 is 11.9 Å². The molecule has 7 rings (SSSR count). The smallest absolute Gasteiger partial charge is 0.335 e. The summed E-state index contributed by atoms with van der Waals surface area (Å²) in [6.07, 6.45) is -5.16. The quantitative estimate of drug-likeness (QED) is 0.153. The predicted molar refractivity (Wildman–Crippen MR) is 192 cm³/mol. The van der Waals surface area contributed by atoms with Crippen molar-refractivity contribution in [3.63, 3.8) is 0 Å². The van der Waals surface area contributed by atoms with Crippen LogP contribution in [-0.4, -0.2) is 116 Å². The molecule has 4 saturated carbocycles. The number of carbonyl (C=O) groups is 2. The zero-order valence-electron chi connectivity index (χ0n) is 32.9. The molecule has 2 saturated heterocycles. The van der Waals surface area contributed by atoms with Gasteiger partial charge in [-0.3, -0.25) is 4.79 Å². The number of carboxylic acid groups (broad SMARTS) is 2. The van der Waals surface area contributed by atoms with E-state index in [9.17, 15) is 45.3 Å². The van der Waals surface area contributed by atoms with E-state index < -0.39 is 84.2 Å². The summed E-state index contributed by atoms with van der Waals surface area (Å²) in [7, 11) is 0. The number of allylic oxidation sites excluding steroid dienone is 2. The Morgan fingerprint density at radius 2 is 1.48 bits per heavy atom. The Hall–Kier alpha value is -1.68. The molecule has 19 atom stereocenters. The Bertz CT molecular complexity index is 1500. The van der Waals surface area contributed by atoms with Crippen molar-refractivity contribution in [2.24, 2.45) is 56.7 Å². The molecule has 2 aliphatic heterocycles. The molecular weight excluding hydrogens is 700 g/mol. The number of hydrogen-bond donors (Lipinski definition) is 7. The normalized spacial score (nSPS) is 54.2. The molecule has 0 bridgehead atoms. The van der Waals surface area contributed by atoms with E-state index in [2.05, 4.69) is 54.5 Å². The zero-order valence-corrected chi connectivity index (χ0v) is 32.9. The lowest BCUT2D eigenvalue weighted by Gasteiger charge is -2.71. The minimum atomic E-state index is -1.88. The first kappa shape index (κ1) is 40.5. The third kappa shape index (κ3) is 5.72. The summed E-state index contributed by atoms with van der Waals surface area (Å²) in [5, 5.41) is 73.3. The van der Waals surface area contributed by atoms with Crippen molar-refractivity contribution in [2.45, 2.75) is 168 Å². The number of hydrogen-bond acceptors (Lipinski definition) is 11. The number of rotatable bonds is 6. The fourth-order valence-corrected chi connectivity index (χ4v) is 13.6. The largest absolute Gasteiger partial charge is 0.481 e. The second-order valence-corrected chi connectivity index (χ2v) is 19.7. The van der Waals surface area contributed by atoms with Crippen molar-refractivity contribution < 1.29 is 64.3 Å². The molecule has 13 heteroatoms. The van der Waals surface area contributed by atoms with Crippen LogP contribution in [0.15, 0.2) is 11.6 Å². The maximum Gasteiger partial charge on any atom is 0.335 e. The van der Waals surface area contributed by atoms with Crippen LogP contribution in [0.25, 0.3) is 0 Å². The second-order valence-electron chi connectivity index (χ2n) is 19.7. The number of aliphatic carboxylic acids is 2. The van der Waals surface area contributed by atoms with Gasteiger partial charge in [-0.2, -0.15) is 0 Å². The van der Waals surface area contributed by atoms with Gasteiger partial charge in [0.15, 0.2) is 18.7 Å². The number of aliphatic hydroxyl groups excluding tert-OH is 5. The fourth-order valence-electron chi connectivity index (χ4n) is 13.6. The summed E-state index contributed by atoms with van der Waals surface area (Å²) in [4.78, 5) is 25.2. The van der Waals surface area contributed by atoms with Crippen molar-refractivity contribution in [2.75, 3.05) is 6.61 Å². The first-order chi connectivity index (χ1) is 25.2. The van der Waals surface area contributed by atoms with Crippen molar-refractivity contribution in [1.29, 1.82) is 0 Å². The highest BCUT2D eigenvalue weighted by atomic mass is 16.8. The van der Waals surface area contributed by atoms with E-state index >= 15 is 0 Å². The van der Waals surface area contributed by atoms with Crippen molar-refractivity contribution in [3.05, 3.63) is 11.6 Å². The first-order valence-corrected chi connectivity index (χ1v) is 20.3. The Kier molecular flexibility index (Phi) is 10.3. The molecule has 7 aliphatic rings. The summed E-state index contributed by atoms with van der Waals surface area (Å²) < 4.78 is 23.8. The lowest BCUT2D eigenvalue weighted by molar-refractivity contribution is -0.366. The molecule has 54 heavy (non-hydrogen) atoms. The molecule has 7 N–H and O–H groups in total. The molecule has 0 aromatic rings. The molecule has 5 aliphatic carbocycles. The monoisotopic (exact) mass is 764 g/mol. The van der Waals surface area contributed by atoms with Crippen LogP contribution in [0.1, 0.15) is 106 Å². The van der Waals surface area contributed by atoms with E-state index in [0.29, 0.717) is 30.6 Å². The highest BCUT2D eigenvalue weighted by Gasteiger charge is 2.70. The van der Waals surface area contributed by atoms with Gasteiger partial charge in [-0.25, -0.2) is 4.79 Å². The minimum absolute atomic E-state index is 0.0315. The van der Waals surface area contributed by atoms with E-state index in [-0.39, 0.29) is 34.7 Å². The second kappa shape index (κ2) is 13.7. The molecule has 2 heterocycles. The third-order valence-electron chi connectivity index (χ3n) is 17.2. The summed E-state index contributed by atoms with van der Waals surface area (Å²) >= 11 is 0. The molecular formula is C41H64O13. The summed E-state index contributed by atoms with van der Waals surface area (Å²) in [6, 6.07) is 0. The van der Waals surface area contributed by atoms with Gasteiger partial charge in [0.2, 0.25) is 0 Å². The van der Waals surface area contributed by atoms with E-state index in [0.717, 1.165) is 44.9 Å². The van der Waals surface area contributed by atoms with Gasteiger partial charge in [-0.1, -0.05) is 60.1 Å². The van der Waals surface area contributed by atoms with Gasteiger partial charge in [0.25, 0.3) is 0 Å². The van der Waals surface area contributed by atoms with Gasteiger partial charge in [-0.15, -0.1) is 0 Å². The molecule has 306 valence electrons. The fraction of sp³-hybridized carbons (Fsp3) is 0.902. The van der Waals surface area contributed by atoms with E-state index in [1.807, 2.05) is 0 Å². The number of aliphatic hydroxyl groups is 5. The van der Waals surface area contributed by atoms with Gasteiger partial charge in [-0.05, 0) is 109 Å². The molecule has 0 aromatic carbocycles. The predicted octanol–water partition coefficient (Wildman–Crippen LogP) is 3.47. The molecule has 0 radical (unpaired) electrons. The van der Waals surface area contributed by atoms with Gasteiger partial charge in [0, 0.05) is 0 Å². The average molecular weight is 765 g/mol. The first-order valence-electron chi connectivity index (χ1n) is 20.3. The maximum atomic E-state index is 13.1. The van der Waals surface area contributed by atoms with Gasteiger partial charge < -0.3 is 54.7 Å². The molecule has 6 fully saturated rings. The Labute approximate surface area is 318 Å². The summed E-state index contributed by atoms with van der Waals surface area (Å²) in [6.45, 7) is 15.9.